The second-order valence-electron chi connectivity index (χ2n) is 20.4. The van der Waals surface area contributed by atoms with Crippen LogP contribution in [0.4, 0.5) is 0 Å². The van der Waals surface area contributed by atoms with Crippen LogP contribution in [-0.2, 0) is 4.79 Å². The molecule has 0 bridgehead atoms. The van der Waals surface area contributed by atoms with Crippen LogP contribution in [0, 0.1) is 0 Å². The molecule has 4 nitrogen and oxygen atoms in total. The van der Waals surface area contributed by atoms with Crippen LogP contribution in [0.5, 0.6) is 0 Å². The van der Waals surface area contributed by atoms with Crippen molar-refractivity contribution in [3.05, 3.63) is 72.9 Å². The zero-order chi connectivity index (χ0) is 49.2. The Morgan fingerprint density at radius 3 is 0.971 bits per heavy atom. The van der Waals surface area contributed by atoms with E-state index in [4.69, 9.17) is 0 Å². The molecule has 0 radical (unpaired) electrons. The van der Waals surface area contributed by atoms with E-state index in [-0.39, 0.29) is 12.5 Å². The summed E-state index contributed by atoms with van der Waals surface area (Å²) in [6.07, 6.45) is 84.7. The fourth-order valence-electron chi connectivity index (χ4n) is 9.19. The summed E-state index contributed by atoms with van der Waals surface area (Å²) >= 11 is 0. The van der Waals surface area contributed by atoms with Crippen LogP contribution in [-0.4, -0.2) is 34.9 Å². The standard InChI is InChI=1S/C64H117NO3/c1-3-5-7-9-11-13-15-17-19-21-23-25-27-28-29-30-31-32-33-34-35-36-38-40-42-44-46-48-50-52-54-56-58-60-64(68)65-62(61-66)63(67)59-57-55-53-51-49-47-45-43-41-39-37-26-24-22-20-18-16-14-12-10-8-6-4-2/h5,7,11,13,17,19,23,25,28-29,31-32,62-63,66-67H,3-4,6,8-10,12,14-16,18,20-22,24,26-27,30,33-61H2,1-2H3,(H,65,68)/b7-5-,13-11-,19-17-,25-23-,29-28-,32-31-. The van der Waals surface area contributed by atoms with E-state index in [1.165, 1.54) is 218 Å². The molecule has 2 unspecified atom stereocenters. The number of unbranched alkanes of at least 4 members (excludes halogenated alkanes) is 36. The average Bonchev–Trinajstić information content (AvgIpc) is 3.34. The third kappa shape index (κ3) is 54.8. The average molecular weight is 949 g/mol. The monoisotopic (exact) mass is 948 g/mol. The first-order valence-corrected chi connectivity index (χ1v) is 30.1. The van der Waals surface area contributed by atoms with Crippen LogP contribution < -0.4 is 5.32 Å². The van der Waals surface area contributed by atoms with E-state index in [0.29, 0.717) is 12.8 Å². The van der Waals surface area contributed by atoms with Crippen LogP contribution in [0.3, 0.4) is 0 Å². The fourth-order valence-corrected chi connectivity index (χ4v) is 9.19. The quantitative estimate of drug-likeness (QED) is 0.0420. The number of nitrogens with one attached hydrogen (secondary N) is 1. The smallest absolute Gasteiger partial charge is 0.220 e. The number of carbonyl (C=O) groups is 1. The Bertz CT molecular complexity index is 1170. The Kier molecular flexibility index (Phi) is 57.3. The van der Waals surface area contributed by atoms with Crippen LogP contribution >= 0.6 is 0 Å². The molecule has 0 aliphatic rings. The van der Waals surface area contributed by atoms with Crippen molar-refractivity contribution in [2.45, 2.75) is 321 Å². The SMILES string of the molecule is CC/C=C\C/C=C\C/C=C\C/C=C\C/C=C\C/C=C\CCCCCCCCCCCCCCCCC(=O)NC(CO)C(O)CCCCCCCCCCCCCCCCCCCCCCCCC. The summed E-state index contributed by atoms with van der Waals surface area (Å²) in [7, 11) is 0. The summed E-state index contributed by atoms with van der Waals surface area (Å²) in [6, 6.07) is -0.541. The second kappa shape index (κ2) is 59.1. The van der Waals surface area contributed by atoms with E-state index in [1.807, 2.05) is 0 Å². The van der Waals surface area contributed by atoms with E-state index >= 15 is 0 Å². The fraction of sp³-hybridized carbons (Fsp3) is 0.797. The lowest BCUT2D eigenvalue weighted by molar-refractivity contribution is -0.123. The molecular weight excluding hydrogens is 831 g/mol. The highest BCUT2D eigenvalue weighted by molar-refractivity contribution is 5.76. The number of allylic oxidation sites excluding steroid dienone is 12. The lowest BCUT2D eigenvalue weighted by Gasteiger charge is -2.22. The first kappa shape index (κ1) is 65.8. The molecule has 3 N–H and O–H groups in total. The summed E-state index contributed by atoms with van der Waals surface area (Å²) in [5.74, 6) is -0.0303. The molecule has 0 aromatic rings. The summed E-state index contributed by atoms with van der Waals surface area (Å²) in [5, 5.41) is 23.4. The van der Waals surface area contributed by atoms with Crippen molar-refractivity contribution in [2.75, 3.05) is 6.61 Å². The van der Waals surface area contributed by atoms with Crippen molar-refractivity contribution >= 4 is 5.91 Å². The van der Waals surface area contributed by atoms with Gasteiger partial charge in [0.25, 0.3) is 0 Å². The molecule has 0 saturated heterocycles. The van der Waals surface area contributed by atoms with E-state index < -0.39 is 12.1 Å². The highest BCUT2D eigenvalue weighted by Crippen LogP contribution is 2.18. The molecule has 0 aromatic heterocycles. The number of rotatable bonds is 55. The summed E-state index contributed by atoms with van der Waals surface area (Å²) in [4.78, 5) is 12.5. The van der Waals surface area contributed by atoms with Gasteiger partial charge >= 0.3 is 0 Å². The normalized spacial score (nSPS) is 13.3. The molecule has 0 spiro atoms. The third-order valence-corrected chi connectivity index (χ3v) is 13.7. The first-order chi connectivity index (χ1) is 33.7. The molecule has 0 rings (SSSR count). The molecule has 0 aliphatic heterocycles. The molecule has 68 heavy (non-hydrogen) atoms. The molecule has 396 valence electrons. The Morgan fingerprint density at radius 2 is 0.647 bits per heavy atom. The van der Waals surface area contributed by atoms with Gasteiger partial charge in [-0.15, -0.1) is 0 Å². The van der Waals surface area contributed by atoms with Gasteiger partial charge in [0.1, 0.15) is 0 Å². The van der Waals surface area contributed by atoms with E-state index in [2.05, 4.69) is 92.1 Å². The van der Waals surface area contributed by atoms with Crippen molar-refractivity contribution in [3.8, 4) is 0 Å². The van der Waals surface area contributed by atoms with Crippen molar-refractivity contribution in [3.63, 3.8) is 0 Å². The van der Waals surface area contributed by atoms with Gasteiger partial charge in [0.2, 0.25) is 5.91 Å². The Morgan fingerprint density at radius 1 is 0.368 bits per heavy atom. The highest BCUT2D eigenvalue weighted by atomic mass is 16.3. The van der Waals surface area contributed by atoms with E-state index in [0.717, 1.165) is 64.2 Å². The number of aliphatic hydroxyl groups is 2. The number of carbonyl (C=O) groups excluding carboxylic acids is 1. The minimum Gasteiger partial charge on any atom is -0.394 e. The molecular formula is C64H117NO3. The van der Waals surface area contributed by atoms with E-state index in [1.54, 1.807) is 0 Å². The lowest BCUT2D eigenvalue weighted by atomic mass is 10.0. The minimum atomic E-state index is -0.663. The molecule has 0 saturated carbocycles. The van der Waals surface area contributed by atoms with Gasteiger partial charge in [-0.3, -0.25) is 4.79 Å². The summed E-state index contributed by atoms with van der Waals surface area (Å²) < 4.78 is 0. The molecule has 2 atom stereocenters. The molecule has 0 aliphatic carbocycles. The van der Waals surface area contributed by atoms with Gasteiger partial charge in [-0.25, -0.2) is 0 Å². The van der Waals surface area contributed by atoms with Crippen molar-refractivity contribution in [2.24, 2.45) is 0 Å². The zero-order valence-corrected chi connectivity index (χ0v) is 45.6. The maximum absolute atomic E-state index is 12.5. The van der Waals surface area contributed by atoms with Crippen LogP contribution in [0.25, 0.3) is 0 Å². The number of amides is 1. The van der Waals surface area contributed by atoms with Gasteiger partial charge in [0.15, 0.2) is 0 Å². The topological polar surface area (TPSA) is 69.6 Å². The molecule has 0 aromatic carbocycles. The summed E-state index contributed by atoms with van der Waals surface area (Å²) in [6.45, 7) is 4.27. The highest BCUT2D eigenvalue weighted by Gasteiger charge is 2.20. The number of hydrogen-bond donors (Lipinski definition) is 3. The predicted molar refractivity (Wildman–Crippen MR) is 304 cm³/mol. The van der Waals surface area contributed by atoms with Gasteiger partial charge in [-0.05, 0) is 64.2 Å². The van der Waals surface area contributed by atoms with Crippen molar-refractivity contribution < 1.29 is 15.0 Å². The van der Waals surface area contributed by atoms with Crippen LogP contribution in [0.1, 0.15) is 309 Å². The Balaban J connectivity index is 3.47. The second-order valence-corrected chi connectivity index (χ2v) is 20.4. The summed E-state index contributed by atoms with van der Waals surface area (Å²) in [5.41, 5.74) is 0. The largest absolute Gasteiger partial charge is 0.394 e. The van der Waals surface area contributed by atoms with Crippen LogP contribution in [0.2, 0.25) is 0 Å². The minimum absolute atomic E-state index is 0.0303. The van der Waals surface area contributed by atoms with Gasteiger partial charge in [0.05, 0.1) is 18.8 Å². The van der Waals surface area contributed by atoms with Crippen molar-refractivity contribution in [1.82, 2.24) is 5.32 Å². The molecule has 4 heteroatoms. The molecule has 1 amide bonds. The molecule has 0 fully saturated rings. The van der Waals surface area contributed by atoms with Crippen molar-refractivity contribution in [1.29, 1.82) is 0 Å². The first-order valence-electron chi connectivity index (χ1n) is 30.1. The molecule has 0 heterocycles. The Hall–Kier alpha value is -2.17. The lowest BCUT2D eigenvalue weighted by Crippen LogP contribution is -2.45. The zero-order valence-electron chi connectivity index (χ0n) is 45.6. The predicted octanol–water partition coefficient (Wildman–Crippen LogP) is 20.1. The number of aliphatic hydroxyl groups excluding tert-OH is 2. The number of hydrogen-bond acceptors (Lipinski definition) is 3. The van der Waals surface area contributed by atoms with Gasteiger partial charge in [-0.1, -0.05) is 311 Å². The van der Waals surface area contributed by atoms with Gasteiger partial charge in [0, 0.05) is 6.42 Å². The van der Waals surface area contributed by atoms with Gasteiger partial charge < -0.3 is 15.5 Å². The maximum atomic E-state index is 12.5. The third-order valence-electron chi connectivity index (χ3n) is 13.7. The maximum Gasteiger partial charge on any atom is 0.220 e. The Labute approximate surface area is 425 Å². The van der Waals surface area contributed by atoms with Gasteiger partial charge in [-0.2, -0.15) is 0 Å². The van der Waals surface area contributed by atoms with E-state index in [9.17, 15) is 15.0 Å². The van der Waals surface area contributed by atoms with Crippen LogP contribution in [0.15, 0.2) is 72.9 Å².